The first-order valence-corrected chi connectivity index (χ1v) is 11.5. The van der Waals surface area contributed by atoms with Crippen LogP contribution in [0.5, 0.6) is 17.2 Å². The highest BCUT2D eigenvalue weighted by Gasteiger charge is 2.49. The number of benzene rings is 2. The van der Waals surface area contributed by atoms with E-state index in [0.29, 0.717) is 25.0 Å². The van der Waals surface area contributed by atoms with Crippen LogP contribution in [-0.4, -0.2) is 26.9 Å². The van der Waals surface area contributed by atoms with Crippen LogP contribution < -0.4 is 13.7 Å². The van der Waals surface area contributed by atoms with E-state index >= 15 is 0 Å². The Bertz CT molecular complexity index is 1160. The van der Waals surface area contributed by atoms with Crippen molar-refractivity contribution in [2.45, 2.75) is 51.7 Å². The summed E-state index contributed by atoms with van der Waals surface area (Å²) in [6.07, 6.45) is -4.19. The summed E-state index contributed by atoms with van der Waals surface area (Å²) in [5.41, 5.74) is -9.53. The molecule has 0 radical (unpaired) electrons. The van der Waals surface area contributed by atoms with E-state index < -0.39 is 75.8 Å². The normalized spacial score (nSPS) is 12.5. The SMILES string of the molecule is CCCCOc1ccc(-c2ccc(OC(F)(F)F)c(CF)c2OS(=O)(=O)C(F)(F)F)c(CF)c1CF. The molecule has 15 heteroatoms. The summed E-state index contributed by atoms with van der Waals surface area (Å²) in [7, 11) is -6.53. The van der Waals surface area contributed by atoms with Gasteiger partial charge in [0, 0.05) is 16.7 Å². The lowest BCUT2D eigenvalue weighted by atomic mass is 9.93. The Hall–Kier alpha value is -2.84. The topological polar surface area (TPSA) is 61.8 Å². The molecule has 5 nitrogen and oxygen atoms in total. The molecule has 2 aromatic carbocycles. The average Bonchev–Trinajstić information content (AvgIpc) is 2.77. The van der Waals surface area contributed by atoms with Gasteiger partial charge in [-0.05, 0) is 30.2 Å². The van der Waals surface area contributed by atoms with Crippen molar-refractivity contribution in [2.24, 2.45) is 0 Å². The summed E-state index contributed by atoms with van der Waals surface area (Å²) in [5, 5.41) is 0. The van der Waals surface area contributed by atoms with Gasteiger partial charge in [0.2, 0.25) is 0 Å². The second-order valence-electron chi connectivity index (χ2n) is 7.12. The number of rotatable bonds is 11. The Kier molecular flexibility index (Phi) is 9.37. The average molecular weight is 554 g/mol. The number of alkyl halides is 9. The lowest BCUT2D eigenvalue weighted by Crippen LogP contribution is -2.29. The molecule has 36 heavy (non-hydrogen) atoms. The molecule has 0 aliphatic rings. The van der Waals surface area contributed by atoms with Crippen molar-refractivity contribution >= 4 is 10.1 Å². The van der Waals surface area contributed by atoms with Gasteiger partial charge in [-0.15, -0.1) is 13.2 Å². The standard InChI is InChI=1S/C21H19F9O5S/c1-2-3-8-33-17-6-4-12(14(9-22)15(17)10-23)13-5-7-18(34-20(25,26)27)16(11-24)19(13)35-36(31,32)21(28,29)30/h4-7H,2-3,8-11H2,1H3. The van der Waals surface area contributed by atoms with Gasteiger partial charge in [-0.1, -0.05) is 19.4 Å². The van der Waals surface area contributed by atoms with Crippen molar-refractivity contribution in [1.29, 1.82) is 0 Å². The van der Waals surface area contributed by atoms with Crippen LogP contribution in [0.2, 0.25) is 0 Å². The molecule has 0 aliphatic heterocycles. The molecule has 0 aromatic heterocycles. The predicted octanol–water partition coefficient (Wildman–Crippen LogP) is 7.07. The summed E-state index contributed by atoms with van der Waals surface area (Å²) in [4.78, 5) is 0. The molecule has 0 bridgehead atoms. The summed E-state index contributed by atoms with van der Waals surface area (Å²) in [5.74, 6) is -3.04. The summed E-state index contributed by atoms with van der Waals surface area (Å²) < 4.78 is 155. The van der Waals surface area contributed by atoms with Gasteiger partial charge < -0.3 is 13.7 Å². The quantitative estimate of drug-likeness (QED) is 0.129. The molecule has 2 aromatic rings. The van der Waals surface area contributed by atoms with Gasteiger partial charge in [-0.3, -0.25) is 0 Å². The van der Waals surface area contributed by atoms with Gasteiger partial charge in [0.15, 0.2) is 5.75 Å². The Morgan fingerprint density at radius 1 is 0.778 bits per heavy atom. The Morgan fingerprint density at radius 3 is 1.83 bits per heavy atom. The van der Waals surface area contributed by atoms with Crippen LogP contribution in [0.25, 0.3) is 11.1 Å². The van der Waals surface area contributed by atoms with E-state index in [1.54, 1.807) is 0 Å². The molecule has 0 unspecified atom stereocenters. The lowest BCUT2D eigenvalue weighted by Gasteiger charge is -2.21. The zero-order chi connectivity index (χ0) is 27.3. The largest absolute Gasteiger partial charge is 0.573 e. The van der Waals surface area contributed by atoms with Crippen LogP contribution in [0.15, 0.2) is 24.3 Å². The monoisotopic (exact) mass is 554 g/mol. The molecule has 2 rings (SSSR count). The van der Waals surface area contributed by atoms with E-state index in [1.807, 2.05) is 6.92 Å². The van der Waals surface area contributed by atoms with E-state index in [0.717, 1.165) is 12.1 Å². The molecule has 0 fully saturated rings. The third kappa shape index (κ3) is 6.68. The second kappa shape index (κ2) is 11.5. The highest BCUT2D eigenvalue weighted by molar-refractivity contribution is 7.88. The fraction of sp³-hybridized carbons (Fsp3) is 0.429. The van der Waals surface area contributed by atoms with Gasteiger partial charge >= 0.3 is 22.0 Å². The molecule has 0 amide bonds. The van der Waals surface area contributed by atoms with Gasteiger partial charge in [0.25, 0.3) is 0 Å². The zero-order valence-corrected chi connectivity index (χ0v) is 19.2. The van der Waals surface area contributed by atoms with Crippen molar-refractivity contribution < 1.29 is 61.6 Å². The molecule has 202 valence electrons. The molecular weight excluding hydrogens is 535 g/mol. The smallest absolute Gasteiger partial charge is 0.493 e. The lowest BCUT2D eigenvalue weighted by molar-refractivity contribution is -0.275. The first-order valence-electron chi connectivity index (χ1n) is 10.1. The van der Waals surface area contributed by atoms with Gasteiger partial charge in [0.1, 0.15) is 31.5 Å². The number of hydrogen-bond acceptors (Lipinski definition) is 5. The molecule has 0 saturated heterocycles. The third-order valence-corrected chi connectivity index (χ3v) is 5.71. The van der Waals surface area contributed by atoms with E-state index in [-0.39, 0.29) is 17.9 Å². The van der Waals surface area contributed by atoms with Crippen molar-refractivity contribution in [3.05, 3.63) is 41.0 Å². The summed E-state index contributed by atoms with van der Waals surface area (Å²) >= 11 is 0. The van der Waals surface area contributed by atoms with Gasteiger partial charge in [-0.25, -0.2) is 13.2 Å². The molecule has 0 atom stereocenters. The number of unbranched alkanes of at least 4 members (excludes halogenated alkanes) is 1. The fourth-order valence-corrected chi connectivity index (χ4v) is 3.61. The Morgan fingerprint density at radius 2 is 1.33 bits per heavy atom. The van der Waals surface area contributed by atoms with Crippen LogP contribution >= 0.6 is 0 Å². The summed E-state index contributed by atoms with van der Waals surface area (Å²) in [6.45, 7) is -2.79. The number of halogens is 9. The zero-order valence-electron chi connectivity index (χ0n) is 18.4. The van der Waals surface area contributed by atoms with Crippen molar-refractivity contribution in [1.82, 2.24) is 0 Å². The molecule has 0 spiro atoms. The van der Waals surface area contributed by atoms with E-state index in [2.05, 4.69) is 8.92 Å². The molecule has 0 N–H and O–H groups in total. The molecule has 0 saturated carbocycles. The maximum Gasteiger partial charge on any atom is 0.573 e. The van der Waals surface area contributed by atoms with Crippen LogP contribution in [0.4, 0.5) is 39.5 Å². The molecule has 0 heterocycles. The van der Waals surface area contributed by atoms with Gasteiger partial charge in [-0.2, -0.15) is 21.6 Å². The van der Waals surface area contributed by atoms with Crippen LogP contribution in [0.3, 0.4) is 0 Å². The number of hydrogen-bond donors (Lipinski definition) is 0. The van der Waals surface area contributed by atoms with Crippen LogP contribution in [0, 0.1) is 0 Å². The minimum absolute atomic E-state index is 0.113. The van der Waals surface area contributed by atoms with Crippen molar-refractivity contribution in [3.8, 4) is 28.4 Å². The van der Waals surface area contributed by atoms with Crippen LogP contribution in [-0.2, 0) is 30.1 Å². The maximum absolute atomic E-state index is 14.0. The first-order chi connectivity index (χ1) is 16.7. The van der Waals surface area contributed by atoms with E-state index in [4.69, 9.17) is 4.74 Å². The van der Waals surface area contributed by atoms with Crippen molar-refractivity contribution in [3.63, 3.8) is 0 Å². The fourth-order valence-electron chi connectivity index (χ4n) is 3.11. The second-order valence-corrected chi connectivity index (χ2v) is 8.66. The third-order valence-electron chi connectivity index (χ3n) is 4.75. The van der Waals surface area contributed by atoms with Crippen LogP contribution in [0.1, 0.15) is 36.5 Å². The minimum Gasteiger partial charge on any atom is -0.493 e. The van der Waals surface area contributed by atoms with Gasteiger partial charge in [0.05, 0.1) is 12.2 Å². The maximum atomic E-state index is 14.0. The highest BCUT2D eigenvalue weighted by Crippen LogP contribution is 2.45. The van der Waals surface area contributed by atoms with E-state index in [1.165, 1.54) is 0 Å². The summed E-state index contributed by atoms with van der Waals surface area (Å²) in [6, 6.07) is 3.20. The highest BCUT2D eigenvalue weighted by atomic mass is 32.2. The predicted molar refractivity (Wildman–Crippen MR) is 109 cm³/mol. The minimum atomic E-state index is -6.53. The molecule has 0 aliphatic carbocycles. The Labute approximate surface area is 199 Å². The first kappa shape index (κ1) is 29.4. The molecular formula is C21H19F9O5S. The number of ether oxygens (including phenoxy) is 2. The van der Waals surface area contributed by atoms with Crippen molar-refractivity contribution in [2.75, 3.05) is 6.61 Å². The Balaban J connectivity index is 2.84. The van der Waals surface area contributed by atoms with E-state index in [9.17, 15) is 47.9 Å².